The molecule has 9 heteroatoms. The molecule has 3 rings (SSSR count). The van der Waals surface area contributed by atoms with Gasteiger partial charge in [0.25, 0.3) is 10.2 Å². The Labute approximate surface area is 207 Å². The first-order valence-corrected chi connectivity index (χ1v) is 15.9. The van der Waals surface area contributed by atoms with Crippen molar-refractivity contribution in [1.82, 2.24) is 13.7 Å². The van der Waals surface area contributed by atoms with Gasteiger partial charge in [-0.3, -0.25) is 0 Å². The molecule has 194 valence electrons. The van der Waals surface area contributed by atoms with Gasteiger partial charge in [-0.15, -0.1) is 0 Å². The van der Waals surface area contributed by atoms with Crippen LogP contribution in [0.25, 0.3) is 0 Å². The third-order valence-corrected chi connectivity index (χ3v) is 11.0. The van der Waals surface area contributed by atoms with E-state index in [0.717, 1.165) is 50.5 Å². The predicted octanol–water partition coefficient (Wildman–Crippen LogP) is 3.79. The van der Waals surface area contributed by atoms with Crippen LogP contribution in [0.15, 0.2) is 24.3 Å². The maximum Gasteiger partial charge on any atom is 0.279 e. The summed E-state index contributed by atoms with van der Waals surface area (Å²) in [6.07, 6.45) is 8.18. The van der Waals surface area contributed by atoms with Gasteiger partial charge in [0.05, 0.1) is 5.25 Å². The van der Waals surface area contributed by atoms with E-state index in [1.807, 2.05) is 0 Å². The van der Waals surface area contributed by atoms with Gasteiger partial charge < -0.3 is 0 Å². The number of nitrogens with zero attached hydrogens (tertiary/aromatic N) is 1. The van der Waals surface area contributed by atoms with Crippen molar-refractivity contribution in [3.63, 3.8) is 0 Å². The number of hydrogen-bond acceptors (Lipinski definition) is 4. The maximum absolute atomic E-state index is 12.4. The molecule has 1 aliphatic carbocycles. The first kappa shape index (κ1) is 27.6. The van der Waals surface area contributed by atoms with Gasteiger partial charge in [-0.1, -0.05) is 37.6 Å². The summed E-state index contributed by atoms with van der Waals surface area (Å²) in [6.45, 7) is 7.75. The Balaban J connectivity index is 1.41. The monoisotopic (exact) mass is 513 g/mol. The molecule has 1 saturated heterocycles. The highest BCUT2D eigenvalue weighted by Gasteiger charge is 2.27. The van der Waals surface area contributed by atoms with Gasteiger partial charge >= 0.3 is 0 Å². The molecule has 1 unspecified atom stereocenters. The molecule has 0 aromatic heterocycles. The van der Waals surface area contributed by atoms with Crippen LogP contribution in [0.1, 0.15) is 82.8 Å². The SMILES string of the molecule is CC(CNS(=O)(=O)C(C)C)C1CCC(c2ccc(CCNS(=O)(=O)N3CCCCC3)cc2)CC1. The lowest BCUT2D eigenvalue weighted by molar-refractivity contribution is 0.246. The summed E-state index contributed by atoms with van der Waals surface area (Å²) >= 11 is 0. The number of piperidine rings is 1. The van der Waals surface area contributed by atoms with Gasteiger partial charge in [0, 0.05) is 26.2 Å². The summed E-state index contributed by atoms with van der Waals surface area (Å²) in [5.74, 6) is 1.44. The molecular formula is C25H43N3O4S2. The largest absolute Gasteiger partial charge is 0.279 e. The quantitative estimate of drug-likeness (QED) is 0.471. The number of hydrogen-bond donors (Lipinski definition) is 2. The van der Waals surface area contributed by atoms with E-state index >= 15 is 0 Å². The van der Waals surface area contributed by atoms with Crippen molar-refractivity contribution in [2.45, 2.75) is 83.3 Å². The topological polar surface area (TPSA) is 95.6 Å². The van der Waals surface area contributed by atoms with Crippen LogP contribution in [0.4, 0.5) is 0 Å². The number of sulfonamides is 1. The van der Waals surface area contributed by atoms with Crippen LogP contribution < -0.4 is 9.44 Å². The Hall–Kier alpha value is -1.00. The van der Waals surface area contributed by atoms with Crippen molar-refractivity contribution >= 4 is 20.2 Å². The zero-order chi connectivity index (χ0) is 24.8. The summed E-state index contributed by atoms with van der Waals surface area (Å²) in [7, 11) is -6.56. The van der Waals surface area contributed by atoms with E-state index in [1.54, 1.807) is 18.2 Å². The molecular weight excluding hydrogens is 470 g/mol. The van der Waals surface area contributed by atoms with E-state index in [9.17, 15) is 16.8 Å². The van der Waals surface area contributed by atoms with Crippen molar-refractivity contribution in [2.75, 3.05) is 26.2 Å². The number of benzene rings is 1. The van der Waals surface area contributed by atoms with E-state index < -0.39 is 25.5 Å². The second-order valence-electron chi connectivity index (χ2n) is 10.4. The number of nitrogens with one attached hydrogen (secondary N) is 2. The Morgan fingerprint density at radius 3 is 2.09 bits per heavy atom. The van der Waals surface area contributed by atoms with Crippen molar-refractivity contribution in [3.05, 3.63) is 35.4 Å². The Morgan fingerprint density at radius 2 is 1.50 bits per heavy atom. The summed E-state index contributed by atoms with van der Waals surface area (Å²) in [4.78, 5) is 0. The molecule has 2 aliphatic rings. The maximum atomic E-state index is 12.4. The second-order valence-corrected chi connectivity index (χ2v) is 14.5. The highest BCUT2D eigenvalue weighted by molar-refractivity contribution is 7.90. The van der Waals surface area contributed by atoms with Crippen LogP contribution in [0, 0.1) is 11.8 Å². The van der Waals surface area contributed by atoms with E-state index in [4.69, 9.17) is 0 Å². The Kier molecular flexibility index (Phi) is 9.98. The summed E-state index contributed by atoms with van der Waals surface area (Å²) in [6, 6.07) is 8.64. The van der Waals surface area contributed by atoms with E-state index in [2.05, 4.69) is 40.6 Å². The normalized spacial score (nSPS) is 23.8. The van der Waals surface area contributed by atoms with Gasteiger partial charge in [-0.05, 0) is 87.7 Å². The van der Waals surface area contributed by atoms with Crippen LogP contribution in [-0.4, -0.2) is 52.6 Å². The zero-order valence-corrected chi connectivity index (χ0v) is 22.6. The van der Waals surface area contributed by atoms with E-state index in [0.29, 0.717) is 50.4 Å². The highest BCUT2D eigenvalue weighted by atomic mass is 32.2. The van der Waals surface area contributed by atoms with Gasteiger partial charge in [0.2, 0.25) is 10.0 Å². The molecule has 0 bridgehead atoms. The molecule has 1 aliphatic heterocycles. The van der Waals surface area contributed by atoms with E-state index in [-0.39, 0.29) is 0 Å². The molecule has 0 radical (unpaired) electrons. The molecule has 1 atom stereocenters. The van der Waals surface area contributed by atoms with Gasteiger partial charge in [-0.25, -0.2) is 17.9 Å². The lowest BCUT2D eigenvalue weighted by Crippen LogP contribution is -2.43. The molecule has 1 aromatic rings. The summed E-state index contributed by atoms with van der Waals surface area (Å²) in [5, 5.41) is -0.395. The first-order valence-electron chi connectivity index (χ1n) is 12.9. The standard InChI is InChI=1S/C25H43N3O4S2/c1-20(2)33(29,30)27-19-21(3)23-11-13-25(14-12-23)24-9-7-22(8-10-24)15-16-26-34(31,32)28-17-5-4-6-18-28/h7-10,20-21,23,25-27H,4-6,11-19H2,1-3H3. The van der Waals surface area contributed by atoms with Gasteiger partial charge in [-0.2, -0.15) is 12.7 Å². The minimum atomic E-state index is -3.36. The van der Waals surface area contributed by atoms with Crippen molar-refractivity contribution in [1.29, 1.82) is 0 Å². The third-order valence-electron chi connectivity index (χ3n) is 7.61. The minimum absolute atomic E-state index is 0.338. The zero-order valence-electron chi connectivity index (χ0n) is 21.0. The summed E-state index contributed by atoms with van der Waals surface area (Å²) < 4.78 is 56.0. The van der Waals surface area contributed by atoms with Crippen LogP contribution in [0.5, 0.6) is 0 Å². The average Bonchev–Trinajstić information content (AvgIpc) is 2.83. The van der Waals surface area contributed by atoms with Crippen LogP contribution >= 0.6 is 0 Å². The Morgan fingerprint density at radius 1 is 0.882 bits per heavy atom. The lowest BCUT2D eigenvalue weighted by Gasteiger charge is -2.32. The molecule has 0 spiro atoms. The fraction of sp³-hybridized carbons (Fsp3) is 0.760. The first-order chi connectivity index (χ1) is 16.1. The lowest BCUT2D eigenvalue weighted by atomic mass is 9.74. The van der Waals surface area contributed by atoms with Crippen LogP contribution in [0.3, 0.4) is 0 Å². The molecule has 7 nitrogen and oxygen atoms in total. The molecule has 34 heavy (non-hydrogen) atoms. The van der Waals surface area contributed by atoms with Crippen molar-refractivity contribution in [2.24, 2.45) is 11.8 Å². The molecule has 0 amide bonds. The van der Waals surface area contributed by atoms with Crippen LogP contribution in [0.2, 0.25) is 0 Å². The van der Waals surface area contributed by atoms with Crippen molar-refractivity contribution in [3.8, 4) is 0 Å². The fourth-order valence-corrected chi connectivity index (χ4v) is 7.19. The number of rotatable bonds is 11. The molecule has 1 aromatic carbocycles. The fourth-order valence-electron chi connectivity index (χ4n) is 5.08. The Bertz CT molecular complexity index is 964. The molecule has 2 fully saturated rings. The minimum Gasteiger partial charge on any atom is -0.215 e. The molecule has 1 saturated carbocycles. The third kappa shape index (κ3) is 7.75. The molecule has 2 N–H and O–H groups in total. The molecule has 1 heterocycles. The predicted molar refractivity (Wildman–Crippen MR) is 138 cm³/mol. The summed E-state index contributed by atoms with van der Waals surface area (Å²) in [5.41, 5.74) is 2.49. The highest BCUT2D eigenvalue weighted by Crippen LogP contribution is 2.38. The smallest absolute Gasteiger partial charge is 0.215 e. The van der Waals surface area contributed by atoms with Crippen LogP contribution in [-0.2, 0) is 26.7 Å². The van der Waals surface area contributed by atoms with Crippen molar-refractivity contribution < 1.29 is 16.8 Å². The van der Waals surface area contributed by atoms with E-state index in [1.165, 1.54) is 5.56 Å². The average molecular weight is 514 g/mol. The van der Waals surface area contributed by atoms with Gasteiger partial charge in [0.15, 0.2) is 0 Å². The second kappa shape index (κ2) is 12.3. The van der Waals surface area contributed by atoms with Gasteiger partial charge in [0.1, 0.15) is 0 Å².